The van der Waals surface area contributed by atoms with Crippen molar-refractivity contribution in [2.45, 2.75) is 6.92 Å². The second-order valence-corrected chi connectivity index (χ2v) is 5.74. The van der Waals surface area contributed by atoms with Crippen LogP contribution in [0.25, 0.3) is 5.65 Å². The molecule has 18 heavy (non-hydrogen) atoms. The molecule has 2 aromatic rings. The van der Waals surface area contributed by atoms with Crippen molar-refractivity contribution < 1.29 is 8.42 Å². The molecule has 0 fully saturated rings. The Morgan fingerprint density at radius 2 is 2.22 bits per heavy atom. The molecule has 0 bridgehead atoms. The van der Waals surface area contributed by atoms with Gasteiger partial charge in [0, 0.05) is 25.5 Å². The molecule has 2 N–H and O–H groups in total. The minimum Gasteiger partial charge on any atom is -0.370 e. The van der Waals surface area contributed by atoms with Crippen molar-refractivity contribution >= 4 is 21.5 Å². The van der Waals surface area contributed by atoms with Crippen LogP contribution < -0.4 is 10.0 Å². The lowest BCUT2D eigenvalue weighted by molar-refractivity contribution is 0.584. The molecule has 98 valence electrons. The average Bonchev–Trinajstić information content (AvgIpc) is 2.77. The van der Waals surface area contributed by atoms with E-state index in [0.717, 1.165) is 11.5 Å². The van der Waals surface area contributed by atoms with E-state index in [1.54, 1.807) is 13.1 Å². The van der Waals surface area contributed by atoms with E-state index in [9.17, 15) is 8.42 Å². The summed E-state index contributed by atoms with van der Waals surface area (Å²) < 4.78 is 27.3. The van der Waals surface area contributed by atoms with E-state index >= 15 is 0 Å². The zero-order chi connectivity index (χ0) is 13.0. The molecular weight excluding hydrogens is 252 g/mol. The lowest BCUT2D eigenvalue weighted by Gasteiger charge is -2.09. The van der Waals surface area contributed by atoms with Crippen LogP contribution in [0.1, 0.15) is 6.92 Å². The van der Waals surface area contributed by atoms with E-state index in [2.05, 4.69) is 15.0 Å². The molecule has 0 atom stereocenters. The number of imidazole rings is 1. The molecule has 0 aliphatic carbocycles. The first kappa shape index (κ1) is 12.8. The number of hydrogen-bond donors (Lipinski definition) is 2. The van der Waals surface area contributed by atoms with E-state index in [1.807, 2.05) is 28.8 Å². The summed E-state index contributed by atoms with van der Waals surface area (Å²) in [5.74, 6) is 0.878. The van der Waals surface area contributed by atoms with Crippen molar-refractivity contribution in [1.82, 2.24) is 14.1 Å². The first-order valence-corrected chi connectivity index (χ1v) is 7.41. The van der Waals surface area contributed by atoms with E-state index in [-0.39, 0.29) is 5.75 Å². The molecule has 0 unspecified atom stereocenters. The number of pyridine rings is 1. The fourth-order valence-electron chi connectivity index (χ4n) is 1.70. The highest BCUT2D eigenvalue weighted by molar-refractivity contribution is 7.89. The summed E-state index contributed by atoms with van der Waals surface area (Å²) in [6, 6.07) is 5.65. The fourth-order valence-corrected chi connectivity index (χ4v) is 2.65. The molecule has 2 heterocycles. The molecular formula is C11H16N4O2S. The number of hydrogen-bond acceptors (Lipinski definition) is 4. The molecule has 0 amide bonds. The van der Waals surface area contributed by atoms with Gasteiger partial charge in [-0.25, -0.2) is 18.1 Å². The van der Waals surface area contributed by atoms with Crippen LogP contribution in [0.15, 0.2) is 30.6 Å². The second-order valence-electron chi connectivity index (χ2n) is 3.81. The van der Waals surface area contributed by atoms with Gasteiger partial charge < -0.3 is 5.32 Å². The Balaban J connectivity index is 2.01. The van der Waals surface area contributed by atoms with Crippen LogP contribution in [0.5, 0.6) is 0 Å². The Labute approximate surface area is 106 Å². The Kier molecular flexibility index (Phi) is 3.83. The third-order valence-corrected chi connectivity index (χ3v) is 3.94. The highest BCUT2D eigenvalue weighted by Gasteiger charge is 2.08. The smallest absolute Gasteiger partial charge is 0.213 e. The predicted molar refractivity (Wildman–Crippen MR) is 71.1 cm³/mol. The van der Waals surface area contributed by atoms with Gasteiger partial charge in [0.15, 0.2) is 0 Å². The quantitative estimate of drug-likeness (QED) is 0.808. The van der Waals surface area contributed by atoms with Crippen LogP contribution in [-0.4, -0.2) is 36.6 Å². The molecule has 7 heteroatoms. The predicted octanol–water partition coefficient (Wildman–Crippen LogP) is 0.685. The molecule has 0 aliphatic rings. The van der Waals surface area contributed by atoms with Crippen LogP contribution in [-0.2, 0) is 10.0 Å². The topological polar surface area (TPSA) is 75.5 Å². The summed E-state index contributed by atoms with van der Waals surface area (Å²) >= 11 is 0. The van der Waals surface area contributed by atoms with Gasteiger partial charge in [0.2, 0.25) is 10.0 Å². The molecule has 0 aliphatic heterocycles. The van der Waals surface area contributed by atoms with Crippen LogP contribution in [0.4, 0.5) is 5.82 Å². The maximum atomic E-state index is 11.5. The van der Waals surface area contributed by atoms with Gasteiger partial charge in [0.25, 0.3) is 0 Å². The fraction of sp³-hybridized carbons (Fsp3) is 0.364. The lowest BCUT2D eigenvalue weighted by atomic mass is 10.4. The normalized spacial score (nSPS) is 11.8. The largest absolute Gasteiger partial charge is 0.370 e. The molecule has 0 spiro atoms. The van der Waals surface area contributed by atoms with Gasteiger partial charge in [0.05, 0.1) is 5.75 Å². The number of nitrogens with one attached hydrogen (secondary N) is 2. The molecule has 0 radical (unpaired) electrons. The second kappa shape index (κ2) is 5.36. The molecule has 2 aromatic heterocycles. The number of rotatable bonds is 6. The number of nitrogens with zero attached hydrogens (tertiary/aromatic N) is 2. The SMILES string of the molecule is CCNS(=O)(=O)CCNc1cccc2nccn12. The minimum atomic E-state index is -3.18. The summed E-state index contributed by atoms with van der Waals surface area (Å²) in [4.78, 5) is 4.16. The Bertz CT molecular complexity index is 621. The van der Waals surface area contributed by atoms with Crippen LogP contribution >= 0.6 is 0 Å². The van der Waals surface area contributed by atoms with Gasteiger partial charge in [-0.1, -0.05) is 13.0 Å². The molecule has 2 rings (SSSR count). The van der Waals surface area contributed by atoms with Gasteiger partial charge in [-0.2, -0.15) is 0 Å². The highest BCUT2D eigenvalue weighted by Crippen LogP contribution is 2.10. The van der Waals surface area contributed by atoms with Crippen LogP contribution in [0.3, 0.4) is 0 Å². The summed E-state index contributed by atoms with van der Waals surface area (Å²) in [6.45, 7) is 2.53. The molecule has 0 aromatic carbocycles. The van der Waals surface area contributed by atoms with E-state index in [0.29, 0.717) is 13.1 Å². The van der Waals surface area contributed by atoms with Gasteiger partial charge in [-0.05, 0) is 12.1 Å². The van der Waals surface area contributed by atoms with Crippen LogP contribution in [0, 0.1) is 0 Å². The van der Waals surface area contributed by atoms with E-state index in [1.165, 1.54) is 0 Å². The average molecular weight is 268 g/mol. The summed E-state index contributed by atoms with van der Waals surface area (Å²) in [7, 11) is -3.18. The number of fused-ring (bicyclic) bond motifs is 1. The van der Waals surface area contributed by atoms with Gasteiger partial charge >= 0.3 is 0 Å². The zero-order valence-electron chi connectivity index (χ0n) is 10.1. The third-order valence-electron chi connectivity index (χ3n) is 2.47. The van der Waals surface area contributed by atoms with Crippen molar-refractivity contribution in [2.24, 2.45) is 0 Å². The van der Waals surface area contributed by atoms with Crippen LogP contribution in [0.2, 0.25) is 0 Å². The van der Waals surface area contributed by atoms with Crippen molar-refractivity contribution in [3.63, 3.8) is 0 Å². The first-order chi connectivity index (χ1) is 8.62. The maximum Gasteiger partial charge on any atom is 0.213 e. The molecule has 6 nitrogen and oxygen atoms in total. The maximum absolute atomic E-state index is 11.5. The first-order valence-electron chi connectivity index (χ1n) is 5.75. The highest BCUT2D eigenvalue weighted by atomic mass is 32.2. The Morgan fingerprint density at radius 3 is 3.00 bits per heavy atom. The summed E-state index contributed by atoms with van der Waals surface area (Å²) in [6.07, 6.45) is 3.53. The Morgan fingerprint density at radius 1 is 1.39 bits per heavy atom. The zero-order valence-corrected chi connectivity index (χ0v) is 10.9. The molecule has 0 saturated carbocycles. The third kappa shape index (κ3) is 2.99. The van der Waals surface area contributed by atoms with E-state index < -0.39 is 10.0 Å². The Hall–Kier alpha value is -1.60. The van der Waals surface area contributed by atoms with Crippen molar-refractivity contribution in [3.8, 4) is 0 Å². The minimum absolute atomic E-state index is 0.0475. The van der Waals surface area contributed by atoms with Crippen molar-refractivity contribution in [3.05, 3.63) is 30.6 Å². The monoisotopic (exact) mass is 268 g/mol. The molecule has 0 saturated heterocycles. The number of anilines is 1. The standard InChI is InChI=1S/C11H16N4O2S/c1-2-14-18(16,17)9-7-13-11-5-3-4-10-12-6-8-15(10)11/h3-6,8,13-14H,2,7,9H2,1H3. The van der Waals surface area contributed by atoms with Crippen molar-refractivity contribution in [2.75, 3.05) is 24.2 Å². The summed E-state index contributed by atoms with van der Waals surface area (Å²) in [5.41, 5.74) is 0.828. The number of sulfonamides is 1. The van der Waals surface area contributed by atoms with Gasteiger partial charge in [-0.3, -0.25) is 4.40 Å². The number of aromatic nitrogens is 2. The summed E-state index contributed by atoms with van der Waals surface area (Å²) in [5, 5.41) is 3.09. The van der Waals surface area contributed by atoms with Gasteiger partial charge in [0.1, 0.15) is 11.5 Å². The van der Waals surface area contributed by atoms with E-state index in [4.69, 9.17) is 0 Å². The van der Waals surface area contributed by atoms with Crippen molar-refractivity contribution in [1.29, 1.82) is 0 Å². The van der Waals surface area contributed by atoms with Gasteiger partial charge in [-0.15, -0.1) is 0 Å². The lowest BCUT2D eigenvalue weighted by Crippen LogP contribution is -2.29.